The van der Waals surface area contributed by atoms with Crippen LogP contribution in [0, 0.1) is 5.82 Å². The van der Waals surface area contributed by atoms with Gasteiger partial charge in [-0.05, 0) is 63.1 Å². The maximum absolute atomic E-state index is 13.2. The van der Waals surface area contributed by atoms with E-state index in [-0.39, 0.29) is 50.0 Å². The summed E-state index contributed by atoms with van der Waals surface area (Å²) in [5.74, 6) is -2.23. The number of nitrogens with one attached hydrogen (secondary N) is 3. The zero-order valence-corrected chi connectivity index (χ0v) is 28.3. The Balaban J connectivity index is 1.29. The molecule has 0 radical (unpaired) electrons. The summed E-state index contributed by atoms with van der Waals surface area (Å²) in [6.45, 7) is 3.53. The maximum Gasteiger partial charge on any atom is 0.407 e. The number of hydrogen-bond acceptors (Lipinski definition) is 10. The summed E-state index contributed by atoms with van der Waals surface area (Å²) in [7, 11) is 1.24. The number of hydrogen-bond donors (Lipinski definition) is 3. The van der Waals surface area contributed by atoms with E-state index in [9.17, 15) is 28.4 Å². The topological polar surface area (TPSA) is 171 Å². The van der Waals surface area contributed by atoms with Crippen molar-refractivity contribution in [2.45, 2.75) is 108 Å². The molecule has 272 valence electrons. The average Bonchev–Trinajstić information content (AvgIpc) is 3.49. The third kappa shape index (κ3) is 12.4. The number of likely N-dealkylation sites (tertiary alicyclic amines) is 1. The minimum absolute atomic E-state index is 0.00452. The largest absolute Gasteiger partial charge is 0.467 e. The fourth-order valence-electron chi connectivity index (χ4n) is 6.38. The highest BCUT2D eigenvalue weighted by atomic mass is 19.1. The fraction of sp³-hybridized carbons (Fsp3) is 0.676. The normalized spacial score (nSPS) is 24.2. The Bertz CT molecular complexity index is 1280. The third-order valence-corrected chi connectivity index (χ3v) is 8.85. The van der Waals surface area contributed by atoms with Crippen LogP contribution in [0.3, 0.4) is 0 Å². The maximum atomic E-state index is 13.2. The zero-order chi connectivity index (χ0) is 35.2. The summed E-state index contributed by atoms with van der Waals surface area (Å²) < 4.78 is 42.0. The van der Waals surface area contributed by atoms with Gasteiger partial charge in [-0.1, -0.05) is 12.1 Å². The van der Waals surface area contributed by atoms with Crippen LogP contribution in [0.2, 0.25) is 0 Å². The number of benzene rings is 1. The molecule has 1 aromatic rings. The standard InChI is InChI=1S/C34H49FN4O10/c1-23(31(42)45-2)38-29(40)13-12-26-20-28(47-33(44)37-17-14-24-8-10-25(35)11-9-24)21-34(48-26)15-3-6-27(49-34)22-46-32(43)36-16-5-19-39-18-4-7-30(39)41/h8-11,23,26-28H,3-7,12-22H2,1-2H3,(H,36,43)(H,37,44)(H,38,40)/t23-,26?,27?,28?,34?/m0/s1. The van der Waals surface area contributed by atoms with Crippen LogP contribution in [0.5, 0.6) is 0 Å². The average molecular weight is 693 g/mol. The number of carbonyl (C=O) groups excluding carboxylic acids is 5. The first kappa shape index (κ1) is 37.8. The van der Waals surface area contributed by atoms with E-state index in [2.05, 4.69) is 20.7 Å². The van der Waals surface area contributed by atoms with Gasteiger partial charge in [0.25, 0.3) is 0 Å². The highest BCUT2D eigenvalue weighted by molar-refractivity contribution is 5.84. The van der Waals surface area contributed by atoms with Crippen molar-refractivity contribution in [3.05, 3.63) is 35.6 Å². The van der Waals surface area contributed by atoms with Crippen molar-refractivity contribution in [1.29, 1.82) is 0 Å². The molecule has 1 spiro atoms. The molecular weight excluding hydrogens is 643 g/mol. The first-order valence-corrected chi connectivity index (χ1v) is 17.1. The lowest BCUT2D eigenvalue weighted by Gasteiger charge is -2.47. The summed E-state index contributed by atoms with van der Waals surface area (Å²) in [4.78, 5) is 63.0. The van der Waals surface area contributed by atoms with Gasteiger partial charge in [0, 0.05) is 58.3 Å². The molecule has 3 heterocycles. The number of rotatable bonds is 15. The molecule has 3 N–H and O–H groups in total. The quantitative estimate of drug-likeness (QED) is 0.141. The van der Waals surface area contributed by atoms with E-state index in [1.54, 1.807) is 17.0 Å². The molecular formula is C34H49FN4O10. The minimum atomic E-state index is -1.12. The lowest BCUT2D eigenvalue weighted by atomic mass is 9.90. The number of halogens is 1. The Morgan fingerprint density at radius 3 is 2.55 bits per heavy atom. The summed E-state index contributed by atoms with van der Waals surface area (Å²) in [5, 5.41) is 8.06. The van der Waals surface area contributed by atoms with E-state index >= 15 is 0 Å². The van der Waals surface area contributed by atoms with Gasteiger partial charge in [0.1, 0.15) is 24.6 Å². The molecule has 0 aromatic heterocycles. The molecule has 4 unspecified atom stereocenters. The van der Waals surface area contributed by atoms with Crippen LogP contribution in [0.25, 0.3) is 0 Å². The van der Waals surface area contributed by atoms with Gasteiger partial charge in [-0.25, -0.2) is 18.8 Å². The van der Waals surface area contributed by atoms with Crippen LogP contribution in [-0.2, 0) is 44.5 Å². The van der Waals surface area contributed by atoms with Crippen LogP contribution in [0.4, 0.5) is 14.0 Å². The molecule has 5 atom stereocenters. The van der Waals surface area contributed by atoms with E-state index in [4.69, 9.17) is 18.9 Å². The fourth-order valence-corrected chi connectivity index (χ4v) is 6.38. The second-order valence-electron chi connectivity index (χ2n) is 12.8. The van der Waals surface area contributed by atoms with Gasteiger partial charge >= 0.3 is 18.2 Å². The van der Waals surface area contributed by atoms with Crippen LogP contribution in [0.15, 0.2) is 24.3 Å². The second-order valence-corrected chi connectivity index (χ2v) is 12.8. The van der Waals surface area contributed by atoms with E-state index in [0.29, 0.717) is 58.0 Å². The van der Waals surface area contributed by atoms with Crippen molar-refractivity contribution in [3.63, 3.8) is 0 Å². The SMILES string of the molecule is COC(=O)[C@H](C)NC(=O)CCC1CC(OC(=O)NCCc2ccc(F)cc2)CC2(CCCC(COC(=O)NCCCN3CCCC3=O)O2)O1. The zero-order valence-electron chi connectivity index (χ0n) is 28.3. The Labute approximate surface area is 286 Å². The first-order valence-electron chi connectivity index (χ1n) is 17.1. The third-order valence-electron chi connectivity index (χ3n) is 8.85. The summed E-state index contributed by atoms with van der Waals surface area (Å²) >= 11 is 0. The molecule has 0 aliphatic carbocycles. The van der Waals surface area contributed by atoms with Crippen molar-refractivity contribution in [2.24, 2.45) is 0 Å². The second kappa shape index (κ2) is 18.7. The smallest absolute Gasteiger partial charge is 0.407 e. The molecule has 0 bridgehead atoms. The lowest BCUT2D eigenvalue weighted by Crippen LogP contribution is -2.54. The number of nitrogens with zero attached hydrogens (tertiary/aromatic N) is 1. The van der Waals surface area contributed by atoms with Gasteiger partial charge in [0.15, 0.2) is 5.79 Å². The Morgan fingerprint density at radius 1 is 1.06 bits per heavy atom. The van der Waals surface area contributed by atoms with Gasteiger partial charge in [-0.3, -0.25) is 9.59 Å². The van der Waals surface area contributed by atoms with Crippen molar-refractivity contribution in [3.8, 4) is 0 Å². The highest BCUT2D eigenvalue weighted by Gasteiger charge is 2.47. The van der Waals surface area contributed by atoms with Gasteiger partial charge < -0.3 is 44.5 Å². The molecule has 4 rings (SSSR count). The Morgan fingerprint density at radius 2 is 1.82 bits per heavy atom. The number of carbonyl (C=O) groups is 5. The van der Waals surface area contributed by atoms with Crippen molar-refractivity contribution >= 4 is 30.0 Å². The molecule has 14 nitrogen and oxygen atoms in total. The number of amides is 4. The monoisotopic (exact) mass is 692 g/mol. The van der Waals surface area contributed by atoms with Gasteiger partial charge in [0.05, 0.1) is 19.3 Å². The van der Waals surface area contributed by atoms with Crippen LogP contribution < -0.4 is 16.0 Å². The van der Waals surface area contributed by atoms with E-state index in [1.807, 2.05) is 0 Å². The van der Waals surface area contributed by atoms with Gasteiger partial charge in [-0.15, -0.1) is 0 Å². The molecule has 0 saturated carbocycles. The Hall–Kier alpha value is -3.98. The first-order chi connectivity index (χ1) is 23.5. The van der Waals surface area contributed by atoms with Crippen molar-refractivity contribution in [2.75, 3.05) is 39.9 Å². The van der Waals surface area contributed by atoms with E-state index in [1.165, 1.54) is 26.2 Å². The van der Waals surface area contributed by atoms with Crippen molar-refractivity contribution < 1.29 is 52.0 Å². The predicted octanol–water partition coefficient (Wildman–Crippen LogP) is 3.10. The molecule has 15 heteroatoms. The van der Waals surface area contributed by atoms with E-state index < -0.39 is 48.3 Å². The summed E-state index contributed by atoms with van der Waals surface area (Å²) in [6, 6.07) is 5.22. The van der Waals surface area contributed by atoms with Crippen LogP contribution in [0.1, 0.15) is 76.7 Å². The van der Waals surface area contributed by atoms with Gasteiger partial charge in [0.2, 0.25) is 11.8 Å². The molecule has 49 heavy (non-hydrogen) atoms. The number of ether oxygens (including phenoxy) is 5. The predicted molar refractivity (Wildman–Crippen MR) is 173 cm³/mol. The molecule has 3 saturated heterocycles. The summed E-state index contributed by atoms with van der Waals surface area (Å²) in [6.07, 6.45) is 2.56. The van der Waals surface area contributed by atoms with E-state index in [0.717, 1.165) is 18.5 Å². The number of methoxy groups -OCH3 is 1. The lowest BCUT2D eigenvalue weighted by molar-refractivity contribution is -0.329. The molecule has 3 fully saturated rings. The van der Waals surface area contributed by atoms with Gasteiger partial charge in [-0.2, -0.15) is 0 Å². The molecule has 3 aliphatic heterocycles. The molecule has 1 aromatic carbocycles. The van der Waals surface area contributed by atoms with Crippen LogP contribution >= 0.6 is 0 Å². The number of esters is 1. The van der Waals surface area contributed by atoms with Crippen molar-refractivity contribution in [1.82, 2.24) is 20.9 Å². The van der Waals surface area contributed by atoms with Crippen LogP contribution in [-0.4, -0.2) is 105 Å². The Kier molecular flexibility index (Phi) is 14.4. The molecule has 4 amide bonds. The highest BCUT2D eigenvalue weighted by Crippen LogP contribution is 2.41. The number of alkyl carbamates (subject to hydrolysis) is 2. The minimum Gasteiger partial charge on any atom is -0.467 e. The molecule has 3 aliphatic rings. The summed E-state index contributed by atoms with van der Waals surface area (Å²) in [5.41, 5.74) is 0.864.